The molecule has 0 spiro atoms. The second-order valence-electron chi connectivity index (χ2n) is 6.25. The van der Waals surface area contributed by atoms with Gasteiger partial charge in [0.25, 0.3) is 11.8 Å². The van der Waals surface area contributed by atoms with Crippen LogP contribution in [0.4, 0.5) is 5.69 Å². The maximum absolute atomic E-state index is 12.9. The topological polar surface area (TPSA) is 100 Å². The molecule has 0 aliphatic carbocycles. The number of H-pyrrole nitrogens is 1. The second kappa shape index (κ2) is 5.88. The number of anilines is 1. The van der Waals surface area contributed by atoms with Gasteiger partial charge in [0, 0.05) is 0 Å². The number of hydrogen-bond donors (Lipinski definition) is 1. The van der Waals surface area contributed by atoms with E-state index in [9.17, 15) is 18.0 Å². The summed E-state index contributed by atoms with van der Waals surface area (Å²) in [4.78, 5) is 26.3. The van der Waals surface area contributed by atoms with Gasteiger partial charge >= 0.3 is 0 Å². The van der Waals surface area contributed by atoms with Crippen LogP contribution in [-0.2, 0) is 9.84 Å². The Morgan fingerprint density at radius 3 is 1.93 bits per heavy atom. The average molecular weight is 381 g/mol. The molecule has 27 heavy (non-hydrogen) atoms. The molecule has 0 saturated carbocycles. The van der Waals surface area contributed by atoms with Gasteiger partial charge in [0.1, 0.15) is 4.90 Å². The van der Waals surface area contributed by atoms with Crippen molar-refractivity contribution in [1.82, 2.24) is 10.2 Å². The molecule has 136 valence electrons. The summed E-state index contributed by atoms with van der Waals surface area (Å²) in [5.74, 6) is -0.847. The zero-order chi connectivity index (χ0) is 19.3. The van der Waals surface area contributed by atoms with Crippen LogP contribution in [0.3, 0.4) is 0 Å². The third-order valence-corrected chi connectivity index (χ3v) is 6.56. The highest BCUT2D eigenvalue weighted by Crippen LogP contribution is 2.31. The molecule has 1 aromatic heterocycles. The Hall–Kier alpha value is -3.26. The van der Waals surface area contributed by atoms with Gasteiger partial charge < -0.3 is 0 Å². The zero-order valence-corrected chi connectivity index (χ0v) is 15.4. The van der Waals surface area contributed by atoms with Crippen molar-refractivity contribution in [1.29, 1.82) is 0 Å². The molecule has 0 atom stereocenters. The monoisotopic (exact) mass is 381 g/mol. The molecule has 7 nitrogen and oxygen atoms in total. The number of carbonyl (C=O) groups excluding carboxylic acids is 2. The van der Waals surface area contributed by atoms with Crippen LogP contribution in [-0.4, -0.2) is 30.4 Å². The van der Waals surface area contributed by atoms with Gasteiger partial charge in [-0.25, -0.2) is 13.3 Å². The first-order chi connectivity index (χ1) is 12.8. The Morgan fingerprint density at radius 2 is 1.44 bits per heavy atom. The summed E-state index contributed by atoms with van der Waals surface area (Å²) >= 11 is 0. The van der Waals surface area contributed by atoms with Crippen molar-refractivity contribution in [2.24, 2.45) is 0 Å². The zero-order valence-electron chi connectivity index (χ0n) is 14.6. The van der Waals surface area contributed by atoms with Crippen LogP contribution in [0.25, 0.3) is 0 Å². The SMILES string of the molecule is Cc1n[nH]c(C)c1S(=O)(=O)c1ccc(N2C(=O)c3ccccc3C2=O)cc1. The molecular weight excluding hydrogens is 366 g/mol. The minimum absolute atomic E-state index is 0.0652. The first-order valence-corrected chi connectivity index (χ1v) is 9.65. The van der Waals surface area contributed by atoms with E-state index in [1.807, 2.05) is 0 Å². The summed E-state index contributed by atoms with van der Waals surface area (Å²) in [5, 5.41) is 6.59. The molecule has 0 saturated heterocycles. The predicted molar refractivity (Wildman–Crippen MR) is 97.5 cm³/mol. The molecule has 2 amide bonds. The van der Waals surface area contributed by atoms with Gasteiger partial charge in [0.2, 0.25) is 9.84 Å². The predicted octanol–water partition coefficient (Wildman–Crippen LogP) is 2.66. The lowest BCUT2D eigenvalue weighted by Gasteiger charge is -2.14. The minimum atomic E-state index is -3.76. The van der Waals surface area contributed by atoms with Crippen molar-refractivity contribution >= 4 is 27.3 Å². The molecule has 3 aromatic rings. The largest absolute Gasteiger partial charge is 0.281 e. The molecule has 4 rings (SSSR count). The molecule has 0 unspecified atom stereocenters. The van der Waals surface area contributed by atoms with Crippen molar-refractivity contribution in [3.63, 3.8) is 0 Å². The maximum Gasteiger partial charge on any atom is 0.266 e. The Labute approximate surface area is 155 Å². The fraction of sp³-hybridized carbons (Fsp3) is 0.105. The number of aromatic nitrogens is 2. The number of imide groups is 1. The number of fused-ring (bicyclic) bond motifs is 1. The molecule has 1 N–H and O–H groups in total. The summed E-state index contributed by atoms with van der Waals surface area (Å²) in [7, 11) is -3.76. The van der Waals surface area contributed by atoms with Gasteiger partial charge in [-0.2, -0.15) is 5.10 Å². The van der Waals surface area contributed by atoms with Gasteiger partial charge in [-0.15, -0.1) is 0 Å². The van der Waals surface area contributed by atoms with Gasteiger partial charge in [-0.3, -0.25) is 14.7 Å². The van der Waals surface area contributed by atoms with E-state index in [1.54, 1.807) is 38.1 Å². The number of aryl methyl sites for hydroxylation is 2. The number of sulfone groups is 1. The van der Waals surface area contributed by atoms with E-state index in [-0.39, 0.29) is 9.79 Å². The minimum Gasteiger partial charge on any atom is -0.281 e. The highest BCUT2D eigenvalue weighted by atomic mass is 32.2. The number of aromatic amines is 1. The lowest BCUT2D eigenvalue weighted by molar-refractivity contribution is 0.0926. The number of nitrogens with one attached hydrogen (secondary N) is 1. The smallest absolute Gasteiger partial charge is 0.266 e. The van der Waals surface area contributed by atoms with E-state index in [0.29, 0.717) is 28.2 Å². The van der Waals surface area contributed by atoms with Crippen LogP contribution in [0.15, 0.2) is 58.3 Å². The Kier molecular flexibility index (Phi) is 3.74. The highest BCUT2D eigenvalue weighted by Gasteiger charge is 2.36. The quantitative estimate of drug-likeness (QED) is 0.703. The van der Waals surface area contributed by atoms with Gasteiger partial charge in [-0.05, 0) is 50.2 Å². The normalized spacial score (nSPS) is 13.9. The molecule has 1 aliphatic rings. The third-order valence-electron chi connectivity index (χ3n) is 4.53. The summed E-state index contributed by atoms with van der Waals surface area (Å²) in [6, 6.07) is 12.3. The van der Waals surface area contributed by atoms with Crippen molar-refractivity contribution in [3.8, 4) is 0 Å². The van der Waals surface area contributed by atoms with Crippen molar-refractivity contribution in [2.45, 2.75) is 23.6 Å². The standard InChI is InChI=1S/C19H15N3O4S/c1-11-17(12(2)21-20-11)27(25,26)14-9-7-13(8-10-14)22-18(23)15-5-3-4-6-16(15)19(22)24/h3-10H,1-2H3,(H,20,21). The van der Waals surface area contributed by atoms with E-state index in [1.165, 1.54) is 24.3 Å². The number of carbonyl (C=O) groups is 2. The molecule has 1 aliphatic heterocycles. The fourth-order valence-corrected chi connectivity index (χ4v) is 4.87. The molecular formula is C19H15N3O4S. The van der Waals surface area contributed by atoms with Crippen LogP contribution < -0.4 is 4.90 Å². The van der Waals surface area contributed by atoms with Crippen LogP contribution in [0.1, 0.15) is 32.1 Å². The molecule has 2 aromatic carbocycles. The van der Waals surface area contributed by atoms with Gasteiger partial charge in [0.15, 0.2) is 0 Å². The number of amides is 2. The summed E-state index contributed by atoms with van der Waals surface area (Å²) in [6.45, 7) is 3.25. The van der Waals surface area contributed by atoms with Gasteiger partial charge in [-0.1, -0.05) is 12.1 Å². The van der Waals surface area contributed by atoms with Crippen LogP contribution in [0.5, 0.6) is 0 Å². The molecule has 0 bridgehead atoms. The molecule has 2 heterocycles. The number of benzene rings is 2. The number of rotatable bonds is 3. The van der Waals surface area contributed by atoms with Crippen molar-refractivity contribution in [3.05, 3.63) is 71.0 Å². The van der Waals surface area contributed by atoms with E-state index in [0.717, 1.165) is 4.90 Å². The van der Waals surface area contributed by atoms with Crippen LogP contribution in [0.2, 0.25) is 0 Å². The number of hydrogen-bond acceptors (Lipinski definition) is 5. The summed E-state index contributed by atoms with van der Waals surface area (Å²) in [6.07, 6.45) is 0. The van der Waals surface area contributed by atoms with E-state index >= 15 is 0 Å². The lowest BCUT2D eigenvalue weighted by atomic mass is 10.1. The van der Waals surface area contributed by atoms with Gasteiger partial charge in [0.05, 0.1) is 33.1 Å². The summed E-state index contributed by atoms with van der Waals surface area (Å²) in [5.41, 5.74) is 1.84. The first kappa shape index (κ1) is 17.2. The van der Waals surface area contributed by atoms with Crippen LogP contribution >= 0.6 is 0 Å². The first-order valence-electron chi connectivity index (χ1n) is 8.17. The number of nitrogens with zero attached hydrogens (tertiary/aromatic N) is 2. The fourth-order valence-electron chi connectivity index (χ4n) is 3.25. The van der Waals surface area contributed by atoms with E-state index in [4.69, 9.17) is 0 Å². The van der Waals surface area contributed by atoms with Crippen molar-refractivity contribution in [2.75, 3.05) is 4.90 Å². The Morgan fingerprint density at radius 1 is 0.889 bits per heavy atom. The molecule has 0 radical (unpaired) electrons. The average Bonchev–Trinajstić information content (AvgIpc) is 3.13. The molecule has 0 fully saturated rings. The highest BCUT2D eigenvalue weighted by molar-refractivity contribution is 7.91. The Bertz CT molecular complexity index is 1140. The molecule has 8 heteroatoms. The summed E-state index contributed by atoms with van der Waals surface area (Å²) < 4.78 is 25.7. The lowest BCUT2D eigenvalue weighted by Crippen LogP contribution is -2.29. The Balaban J connectivity index is 1.72. The second-order valence-corrected chi connectivity index (χ2v) is 8.14. The van der Waals surface area contributed by atoms with Crippen LogP contribution in [0, 0.1) is 13.8 Å². The van der Waals surface area contributed by atoms with Crippen molar-refractivity contribution < 1.29 is 18.0 Å². The van der Waals surface area contributed by atoms with E-state index < -0.39 is 21.7 Å². The third kappa shape index (κ3) is 2.48. The maximum atomic E-state index is 12.9. The van der Waals surface area contributed by atoms with E-state index in [2.05, 4.69) is 10.2 Å².